The van der Waals surface area contributed by atoms with Crippen molar-refractivity contribution in [3.8, 4) is 0 Å². The lowest BCUT2D eigenvalue weighted by molar-refractivity contribution is 0.602. The number of aryl methyl sites for hydroxylation is 1. The van der Waals surface area contributed by atoms with Gasteiger partial charge in [0.15, 0.2) is 0 Å². The molecule has 18 heavy (non-hydrogen) atoms. The molecule has 1 aliphatic rings. The average molecular weight is 249 g/mol. The molecule has 100 valence electrons. The highest BCUT2D eigenvalue weighted by Gasteiger charge is 2.22. The lowest BCUT2D eigenvalue weighted by atomic mass is 10.1. The fourth-order valence-electron chi connectivity index (χ4n) is 2.32. The van der Waals surface area contributed by atoms with Gasteiger partial charge in [0.05, 0.1) is 0 Å². The van der Waals surface area contributed by atoms with Crippen LogP contribution in [0.2, 0.25) is 0 Å². The molecule has 2 heterocycles. The summed E-state index contributed by atoms with van der Waals surface area (Å²) in [5.74, 6) is 3.33. The third-order valence-electron chi connectivity index (χ3n) is 3.20. The minimum atomic E-state index is 0.377. The van der Waals surface area contributed by atoms with E-state index in [1.165, 1.54) is 0 Å². The molecule has 5 nitrogen and oxygen atoms in total. The summed E-state index contributed by atoms with van der Waals surface area (Å²) >= 11 is 0. The predicted molar refractivity (Wildman–Crippen MR) is 74.9 cm³/mol. The van der Waals surface area contributed by atoms with Crippen LogP contribution in [-0.2, 0) is 0 Å². The van der Waals surface area contributed by atoms with Crippen LogP contribution in [0.5, 0.6) is 0 Å². The Morgan fingerprint density at radius 3 is 2.89 bits per heavy atom. The van der Waals surface area contributed by atoms with Gasteiger partial charge < -0.3 is 16.0 Å². The first-order chi connectivity index (χ1) is 8.58. The molecule has 0 aliphatic carbocycles. The van der Waals surface area contributed by atoms with Crippen molar-refractivity contribution in [3.05, 3.63) is 11.9 Å². The van der Waals surface area contributed by atoms with Gasteiger partial charge in [0.1, 0.15) is 17.5 Å². The summed E-state index contributed by atoms with van der Waals surface area (Å²) in [6.07, 6.45) is 1.16. The van der Waals surface area contributed by atoms with Crippen LogP contribution in [-0.4, -0.2) is 35.6 Å². The zero-order valence-corrected chi connectivity index (χ0v) is 11.5. The van der Waals surface area contributed by atoms with E-state index in [-0.39, 0.29) is 0 Å². The van der Waals surface area contributed by atoms with Crippen LogP contribution in [0.25, 0.3) is 0 Å². The number of hydrogen-bond acceptors (Lipinski definition) is 5. The number of aromatic nitrogens is 2. The Hall–Kier alpha value is -1.36. The third-order valence-corrected chi connectivity index (χ3v) is 3.20. The topological polar surface area (TPSA) is 67.1 Å². The molecule has 5 heteroatoms. The van der Waals surface area contributed by atoms with E-state index in [4.69, 9.17) is 5.73 Å². The van der Waals surface area contributed by atoms with Gasteiger partial charge in [0, 0.05) is 25.2 Å². The lowest BCUT2D eigenvalue weighted by Crippen LogP contribution is -2.24. The molecule has 0 radical (unpaired) electrons. The summed E-state index contributed by atoms with van der Waals surface area (Å²) < 4.78 is 0. The number of nitrogens with one attached hydrogen (secondary N) is 1. The van der Waals surface area contributed by atoms with Crippen LogP contribution in [0.3, 0.4) is 0 Å². The number of nitrogens with zero attached hydrogens (tertiary/aromatic N) is 3. The molecule has 1 aromatic heterocycles. The Labute approximate surface area is 109 Å². The zero-order chi connectivity index (χ0) is 13.1. The Morgan fingerprint density at radius 1 is 1.50 bits per heavy atom. The first-order valence-electron chi connectivity index (χ1n) is 6.65. The minimum absolute atomic E-state index is 0.377. The molecule has 0 spiro atoms. The van der Waals surface area contributed by atoms with E-state index in [0.717, 1.165) is 43.5 Å². The molecule has 1 aromatic rings. The summed E-state index contributed by atoms with van der Waals surface area (Å²) in [4.78, 5) is 11.2. The van der Waals surface area contributed by atoms with Crippen LogP contribution < -0.4 is 16.0 Å². The second-order valence-electron chi connectivity index (χ2n) is 5.29. The van der Waals surface area contributed by atoms with Crippen molar-refractivity contribution in [2.24, 2.45) is 11.7 Å². The number of nitrogens with two attached hydrogens (primary N) is 1. The van der Waals surface area contributed by atoms with Crippen molar-refractivity contribution >= 4 is 11.6 Å². The van der Waals surface area contributed by atoms with Gasteiger partial charge in [-0.25, -0.2) is 9.97 Å². The smallest absolute Gasteiger partial charge is 0.134 e. The maximum Gasteiger partial charge on any atom is 0.134 e. The van der Waals surface area contributed by atoms with Crippen LogP contribution in [0, 0.1) is 12.8 Å². The quantitative estimate of drug-likeness (QED) is 0.844. The number of rotatable bonds is 4. The van der Waals surface area contributed by atoms with E-state index in [1.807, 2.05) is 13.0 Å². The van der Waals surface area contributed by atoms with Gasteiger partial charge in [-0.3, -0.25) is 0 Å². The third kappa shape index (κ3) is 3.10. The van der Waals surface area contributed by atoms with Gasteiger partial charge in [0.2, 0.25) is 0 Å². The van der Waals surface area contributed by atoms with Gasteiger partial charge in [0.25, 0.3) is 0 Å². The van der Waals surface area contributed by atoms with Gasteiger partial charge in [-0.1, -0.05) is 0 Å². The Bertz CT molecular complexity index is 404. The van der Waals surface area contributed by atoms with Gasteiger partial charge >= 0.3 is 0 Å². The lowest BCUT2D eigenvalue weighted by Gasteiger charge is -2.19. The van der Waals surface area contributed by atoms with Crippen LogP contribution in [0.4, 0.5) is 11.6 Å². The molecule has 0 bridgehead atoms. The fourth-order valence-corrected chi connectivity index (χ4v) is 2.32. The molecule has 2 rings (SSSR count). The molecular formula is C13H23N5. The molecule has 1 atom stereocenters. The largest absolute Gasteiger partial charge is 0.368 e. The van der Waals surface area contributed by atoms with Crippen molar-refractivity contribution in [1.82, 2.24) is 9.97 Å². The summed E-state index contributed by atoms with van der Waals surface area (Å²) in [5, 5.41) is 3.33. The maximum absolute atomic E-state index is 5.73. The van der Waals surface area contributed by atoms with Crippen molar-refractivity contribution in [1.29, 1.82) is 0 Å². The fraction of sp³-hybridized carbons (Fsp3) is 0.692. The first kappa shape index (κ1) is 13.1. The minimum Gasteiger partial charge on any atom is -0.368 e. The predicted octanol–water partition coefficient (Wildman–Crippen LogP) is 1.39. The van der Waals surface area contributed by atoms with E-state index in [9.17, 15) is 0 Å². The van der Waals surface area contributed by atoms with Gasteiger partial charge in [-0.05, 0) is 39.7 Å². The first-order valence-corrected chi connectivity index (χ1v) is 6.65. The van der Waals surface area contributed by atoms with E-state index in [1.54, 1.807) is 0 Å². The Kier molecular flexibility index (Phi) is 4.01. The summed E-state index contributed by atoms with van der Waals surface area (Å²) in [5.41, 5.74) is 5.73. The zero-order valence-electron chi connectivity index (χ0n) is 11.5. The van der Waals surface area contributed by atoms with E-state index >= 15 is 0 Å². The second-order valence-corrected chi connectivity index (χ2v) is 5.29. The average Bonchev–Trinajstić information content (AvgIpc) is 2.75. The van der Waals surface area contributed by atoms with E-state index in [2.05, 4.69) is 34.0 Å². The van der Waals surface area contributed by atoms with Crippen LogP contribution in [0.15, 0.2) is 6.07 Å². The summed E-state index contributed by atoms with van der Waals surface area (Å²) in [7, 11) is 0. The van der Waals surface area contributed by atoms with Crippen molar-refractivity contribution in [2.75, 3.05) is 29.9 Å². The molecule has 1 saturated heterocycles. The van der Waals surface area contributed by atoms with E-state index < -0.39 is 0 Å². The molecule has 0 aromatic carbocycles. The molecule has 0 amide bonds. The SMILES string of the molecule is Cc1nc(NC(C)C)cc(N2CCC(CN)C2)n1. The summed E-state index contributed by atoms with van der Waals surface area (Å²) in [6, 6.07) is 2.41. The Balaban J connectivity index is 2.15. The molecule has 1 unspecified atom stereocenters. The number of hydrogen-bond donors (Lipinski definition) is 2. The van der Waals surface area contributed by atoms with Gasteiger partial charge in [-0.15, -0.1) is 0 Å². The van der Waals surface area contributed by atoms with E-state index in [0.29, 0.717) is 12.0 Å². The maximum atomic E-state index is 5.73. The normalized spacial score (nSPS) is 19.6. The molecule has 1 aliphatic heterocycles. The highest BCUT2D eigenvalue weighted by atomic mass is 15.2. The molecule has 3 N–H and O–H groups in total. The summed E-state index contributed by atoms with van der Waals surface area (Å²) in [6.45, 7) is 8.96. The molecule has 0 saturated carbocycles. The van der Waals surface area contributed by atoms with Crippen LogP contribution in [0.1, 0.15) is 26.1 Å². The second kappa shape index (κ2) is 5.52. The van der Waals surface area contributed by atoms with Crippen molar-refractivity contribution < 1.29 is 0 Å². The van der Waals surface area contributed by atoms with Gasteiger partial charge in [-0.2, -0.15) is 0 Å². The molecule has 1 fully saturated rings. The standard InChI is InChI=1S/C13H23N5/c1-9(2)15-12-6-13(17-10(3)16-12)18-5-4-11(7-14)8-18/h6,9,11H,4-5,7-8,14H2,1-3H3,(H,15,16,17). The number of anilines is 2. The monoisotopic (exact) mass is 249 g/mol. The van der Waals surface area contributed by atoms with Crippen LogP contribution >= 0.6 is 0 Å². The Morgan fingerprint density at radius 2 is 2.28 bits per heavy atom. The van der Waals surface area contributed by atoms with Crippen molar-refractivity contribution in [2.45, 2.75) is 33.2 Å². The highest BCUT2D eigenvalue weighted by Crippen LogP contribution is 2.23. The van der Waals surface area contributed by atoms with Crippen molar-refractivity contribution in [3.63, 3.8) is 0 Å². The molecular weight excluding hydrogens is 226 g/mol. The highest BCUT2D eigenvalue weighted by molar-refractivity contribution is 5.50.